The molecule has 2 N–H and O–H groups in total. The number of halogens is 3. The van der Waals surface area contributed by atoms with Crippen LogP contribution in [0.3, 0.4) is 0 Å². The molecule has 124 valence electrons. The van der Waals surface area contributed by atoms with E-state index in [4.69, 9.17) is 0 Å². The minimum absolute atomic E-state index is 0.477. The highest BCUT2D eigenvalue weighted by atomic mass is 19.4. The van der Waals surface area contributed by atoms with Crippen LogP contribution >= 0.6 is 0 Å². The molecule has 0 spiro atoms. The highest BCUT2D eigenvalue weighted by Gasteiger charge is 2.30. The molecule has 1 fully saturated rings. The van der Waals surface area contributed by atoms with Crippen molar-refractivity contribution in [3.63, 3.8) is 0 Å². The number of alkyl halides is 3. The van der Waals surface area contributed by atoms with Crippen molar-refractivity contribution >= 4 is 0 Å². The topological polar surface area (TPSA) is 44.0 Å². The maximum absolute atomic E-state index is 12.7. The zero-order valence-corrected chi connectivity index (χ0v) is 12.8. The minimum Gasteiger partial charge on any atom is -0.315 e. The standard InChI is InChI=1S/C16H19F3N4/c1-23(14-6-7-20-9-14)10-12-8-21-22-15(12)11-2-4-13(5-3-11)16(17,18)19/h2-5,8,14,20H,6-7,9-10H2,1H3,(H,21,22). The summed E-state index contributed by atoms with van der Waals surface area (Å²) in [6.07, 6.45) is -1.47. The first kappa shape index (κ1) is 16.0. The van der Waals surface area contributed by atoms with Crippen LogP contribution in [0.15, 0.2) is 30.5 Å². The third kappa shape index (κ3) is 3.56. The zero-order chi connectivity index (χ0) is 16.4. The maximum atomic E-state index is 12.7. The second-order valence-electron chi connectivity index (χ2n) is 5.91. The fourth-order valence-electron chi connectivity index (χ4n) is 2.92. The van der Waals surface area contributed by atoms with Gasteiger partial charge in [0, 0.05) is 24.7 Å². The van der Waals surface area contributed by atoms with E-state index in [2.05, 4.69) is 27.5 Å². The van der Waals surface area contributed by atoms with Gasteiger partial charge in [-0.1, -0.05) is 12.1 Å². The van der Waals surface area contributed by atoms with Gasteiger partial charge in [-0.25, -0.2) is 0 Å². The summed E-state index contributed by atoms with van der Waals surface area (Å²) >= 11 is 0. The molecule has 1 atom stereocenters. The average molecular weight is 324 g/mol. The molecular weight excluding hydrogens is 305 g/mol. The van der Waals surface area contributed by atoms with E-state index in [1.807, 2.05) is 0 Å². The van der Waals surface area contributed by atoms with Crippen LogP contribution in [0.2, 0.25) is 0 Å². The molecule has 1 aromatic heterocycles. The van der Waals surface area contributed by atoms with Crippen molar-refractivity contribution in [3.05, 3.63) is 41.6 Å². The Morgan fingerprint density at radius 2 is 2.00 bits per heavy atom. The summed E-state index contributed by atoms with van der Waals surface area (Å²) in [5, 5.41) is 10.3. The predicted octanol–water partition coefficient (Wildman–Crippen LogP) is 2.89. The van der Waals surface area contributed by atoms with Crippen LogP contribution in [0.5, 0.6) is 0 Å². The summed E-state index contributed by atoms with van der Waals surface area (Å²) in [6, 6.07) is 5.65. The van der Waals surface area contributed by atoms with Gasteiger partial charge in [-0.05, 0) is 37.7 Å². The van der Waals surface area contributed by atoms with Crippen LogP contribution < -0.4 is 5.32 Å². The molecule has 1 saturated heterocycles. The van der Waals surface area contributed by atoms with Gasteiger partial charge in [0.15, 0.2) is 0 Å². The smallest absolute Gasteiger partial charge is 0.315 e. The number of aromatic amines is 1. The second-order valence-corrected chi connectivity index (χ2v) is 5.91. The van der Waals surface area contributed by atoms with Gasteiger partial charge in [0.2, 0.25) is 0 Å². The van der Waals surface area contributed by atoms with Gasteiger partial charge in [-0.15, -0.1) is 0 Å². The van der Waals surface area contributed by atoms with E-state index in [-0.39, 0.29) is 0 Å². The van der Waals surface area contributed by atoms with Crippen molar-refractivity contribution < 1.29 is 13.2 Å². The molecule has 2 heterocycles. The van der Waals surface area contributed by atoms with Gasteiger partial charge in [0.25, 0.3) is 0 Å². The van der Waals surface area contributed by atoms with E-state index in [9.17, 15) is 13.2 Å². The van der Waals surface area contributed by atoms with Crippen LogP contribution in [-0.2, 0) is 12.7 Å². The van der Waals surface area contributed by atoms with Gasteiger partial charge in [-0.3, -0.25) is 10.00 Å². The molecule has 0 aliphatic carbocycles. The fraction of sp³-hybridized carbons (Fsp3) is 0.438. The van der Waals surface area contributed by atoms with Gasteiger partial charge in [-0.2, -0.15) is 18.3 Å². The number of rotatable bonds is 4. The van der Waals surface area contributed by atoms with Crippen molar-refractivity contribution in [2.45, 2.75) is 25.2 Å². The Kier molecular flexibility index (Phi) is 4.41. The number of benzene rings is 1. The first-order chi connectivity index (χ1) is 10.9. The molecule has 4 nitrogen and oxygen atoms in total. The Morgan fingerprint density at radius 1 is 1.26 bits per heavy atom. The lowest BCUT2D eigenvalue weighted by molar-refractivity contribution is -0.137. The monoisotopic (exact) mass is 324 g/mol. The molecule has 1 aliphatic heterocycles. The molecule has 0 amide bonds. The average Bonchev–Trinajstić information content (AvgIpc) is 3.18. The van der Waals surface area contributed by atoms with Crippen LogP contribution in [-0.4, -0.2) is 41.3 Å². The molecular formula is C16H19F3N4. The van der Waals surface area contributed by atoms with E-state index < -0.39 is 11.7 Å². The number of hydrogen-bond acceptors (Lipinski definition) is 3. The summed E-state index contributed by atoms with van der Waals surface area (Å²) in [5.74, 6) is 0. The Hall–Kier alpha value is -1.86. The number of aromatic nitrogens is 2. The number of nitrogens with zero attached hydrogens (tertiary/aromatic N) is 2. The number of hydrogen-bond donors (Lipinski definition) is 2. The molecule has 0 radical (unpaired) electrons. The quantitative estimate of drug-likeness (QED) is 0.909. The van der Waals surface area contributed by atoms with Crippen molar-refractivity contribution in [3.8, 4) is 11.3 Å². The third-order valence-electron chi connectivity index (χ3n) is 4.30. The van der Waals surface area contributed by atoms with Crippen molar-refractivity contribution in [2.75, 3.05) is 20.1 Å². The van der Waals surface area contributed by atoms with Gasteiger partial charge >= 0.3 is 6.18 Å². The number of nitrogens with one attached hydrogen (secondary N) is 2. The van der Waals surface area contributed by atoms with Crippen LogP contribution in [0.1, 0.15) is 17.5 Å². The van der Waals surface area contributed by atoms with Crippen molar-refractivity contribution in [2.24, 2.45) is 0 Å². The van der Waals surface area contributed by atoms with Crippen molar-refractivity contribution in [1.29, 1.82) is 0 Å². The van der Waals surface area contributed by atoms with Crippen LogP contribution in [0.25, 0.3) is 11.3 Å². The molecule has 23 heavy (non-hydrogen) atoms. The largest absolute Gasteiger partial charge is 0.416 e. The van der Waals surface area contributed by atoms with E-state index in [1.54, 1.807) is 6.20 Å². The Labute approximate surface area is 132 Å². The summed E-state index contributed by atoms with van der Waals surface area (Å²) < 4.78 is 38.0. The number of likely N-dealkylation sites (N-methyl/N-ethyl adjacent to an activating group) is 1. The lowest BCUT2D eigenvalue weighted by Gasteiger charge is -2.23. The predicted molar refractivity (Wildman–Crippen MR) is 81.8 cm³/mol. The van der Waals surface area contributed by atoms with E-state index in [0.29, 0.717) is 18.2 Å². The van der Waals surface area contributed by atoms with Crippen LogP contribution in [0, 0.1) is 0 Å². The maximum Gasteiger partial charge on any atom is 0.416 e. The zero-order valence-electron chi connectivity index (χ0n) is 12.8. The molecule has 1 unspecified atom stereocenters. The third-order valence-corrected chi connectivity index (χ3v) is 4.30. The molecule has 3 rings (SSSR count). The highest BCUT2D eigenvalue weighted by molar-refractivity contribution is 5.63. The minimum atomic E-state index is -4.31. The Balaban J connectivity index is 1.77. The Morgan fingerprint density at radius 3 is 2.61 bits per heavy atom. The molecule has 2 aromatic rings. The van der Waals surface area contributed by atoms with Crippen LogP contribution in [0.4, 0.5) is 13.2 Å². The summed E-state index contributed by atoms with van der Waals surface area (Å²) in [4.78, 5) is 2.25. The normalized spacial score (nSPS) is 18.7. The highest BCUT2D eigenvalue weighted by Crippen LogP contribution is 2.31. The summed E-state index contributed by atoms with van der Waals surface area (Å²) in [7, 11) is 2.06. The van der Waals surface area contributed by atoms with Gasteiger partial charge in [0.05, 0.1) is 17.5 Å². The first-order valence-electron chi connectivity index (χ1n) is 7.56. The number of H-pyrrole nitrogens is 1. The van der Waals surface area contributed by atoms with Gasteiger partial charge < -0.3 is 5.32 Å². The van der Waals surface area contributed by atoms with E-state index in [1.165, 1.54) is 12.1 Å². The van der Waals surface area contributed by atoms with Crippen molar-refractivity contribution in [1.82, 2.24) is 20.4 Å². The summed E-state index contributed by atoms with van der Waals surface area (Å²) in [6.45, 7) is 2.69. The van der Waals surface area contributed by atoms with Gasteiger partial charge in [0.1, 0.15) is 0 Å². The summed E-state index contributed by atoms with van der Waals surface area (Å²) in [5.41, 5.74) is 1.83. The fourth-order valence-corrected chi connectivity index (χ4v) is 2.92. The second kappa shape index (κ2) is 6.33. The molecule has 7 heteroatoms. The molecule has 0 bridgehead atoms. The van der Waals surface area contributed by atoms with E-state index >= 15 is 0 Å². The first-order valence-corrected chi connectivity index (χ1v) is 7.56. The lowest BCUT2D eigenvalue weighted by Crippen LogP contribution is -2.32. The Bertz CT molecular complexity index is 642. The molecule has 1 aromatic carbocycles. The van der Waals surface area contributed by atoms with E-state index in [0.717, 1.165) is 42.9 Å². The lowest BCUT2D eigenvalue weighted by atomic mass is 10.1. The molecule has 0 saturated carbocycles. The molecule has 1 aliphatic rings. The SMILES string of the molecule is CN(Cc1cn[nH]c1-c1ccc(C(F)(F)F)cc1)C1CCNC1.